The Kier molecular flexibility index (Phi) is 7.71. The van der Waals surface area contributed by atoms with Crippen LogP contribution >= 0.6 is 8.58 Å². The summed E-state index contributed by atoms with van der Waals surface area (Å²) in [4.78, 5) is 2.55. The van der Waals surface area contributed by atoms with E-state index in [2.05, 4.69) is 83.7 Å². The molecule has 2 aromatic carbocycles. The number of rotatable bonds is 8. The second kappa shape index (κ2) is 9.42. The zero-order valence-electron chi connectivity index (χ0n) is 18.9. The van der Waals surface area contributed by atoms with Crippen LogP contribution in [0.1, 0.15) is 70.2 Å². The molecule has 0 spiro atoms. The highest BCUT2D eigenvalue weighted by Crippen LogP contribution is 2.48. The van der Waals surface area contributed by atoms with Gasteiger partial charge in [-0.2, -0.15) is 0 Å². The van der Waals surface area contributed by atoms with Crippen LogP contribution in [0.5, 0.6) is 5.75 Å². The van der Waals surface area contributed by atoms with Gasteiger partial charge in [-0.1, -0.05) is 58.8 Å². The van der Waals surface area contributed by atoms with Crippen molar-refractivity contribution in [1.29, 1.82) is 0 Å². The van der Waals surface area contributed by atoms with Crippen molar-refractivity contribution in [1.82, 2.24) is 4.90 Å². The Morgan fingerprint density at radius 2 is 1.54 bits per heavy atom. The van der Waals surface area contributed by atoms with Crippen LogP contribution in [-0.2, 0) is 11.7 Å². The summed E-state index contributed by atoms with van der Waals surface area (Å²) in [5.41, 5.74) is 4.81. The van der Waals surface area contributed by atoms with Crippen molar-refractivity contribution in [2.75, 3.05) is 0 Å². The minimum Gasteiger partial charge on any atom is -0.507 e. The van der Waals surface area contributed by atoms with Crippen molar-refractivity contribution in [2.45, 2.75) is 85.6 Å². The standard InChI is InChI=1S/C25H38NOP/c1-9-25(8,22-15-11-12-19(6)23(22)27)28-24-20(7)13-10-14-21(24)16-26(17(2)3)18(4)5/h10-15,17-18,27-28H,9,16H2,1-8H3. The Labute approximate surface area is 174 Å². The summed E-state index contributed by atoms with van der Waals surface area (Å²) in [6.45, 7) is 18.8. The van der Waals surface area contributed by atoms with E-state index in [0.717, 1.165) is 24.1 Å². The van der Waals surface area contributed by atoms with Crippen molar-refractivity contribution in [3.05, 3.63) is 58.7 Å². The number of hydrogen-bond acceptors (Lipinski definition) is 2. The van der Waals surface area contributed by atoms with E-state index in [1.54, 1.807) is 0 Å². The zero-order valence-corrected chi connectivity index (χ0v) is 19.9. The Morgan fingerprint density at radius 1 is 0.964 bits per heavy atom. The fourth-order valence-electron chi connectivity index (χ4n) is 3.92. The second-order valence-electron chi connectivity index (χ2n) is 8.75. The van der Waals surface area contributed by atoms with E-state index in [4.69, 9.17) is 0 Å². The highest BCUT2D eigenvalue weighted by atomic mass is 31.1. The van der Waals surface area contributed by atoms with Gasteiger partial charge in [-0.3, -0.25) is 4.90 Å². The van der Waals surface area contributed by atoms with Crippen LogP contribution in [-0.4, -0.2) is 22.1 Å². The van der Waals surface area contributed by atoms with E-state index in [9.17, 15) is 5.11 Å². The predicted molar refractivity (Wildman–Crippen MR) is 125 cm³/mol. The molecule has 0 aliphatic carbocycles. The van der Waals surface area contributed by atoms with Gasteiger partial charge in [0.15, 0.2) is 0 Å². The highest BCUT2D eigenvalue weighted by Gasteiger charge is 2.30. The van der Waals surface area contributed by atoms with Crippen LogP contribution in [0.2, 0.25) is 0 Å². The summed E-state index contributed by atoms with van der Waals surface area (Å²) in [5.74, 6) is 0.459. The third kappa shape index (κ3) is 4.97. The third-order valence-corrected chi connectivity index (χ3v) is 8.12. The number of para-hydroxylation sites is 1. The minimum absolute atomic E-state index is 0.0720. The number of phenols is 1. The van der Waals surface area contributed by atoms with E-state index < -0.39 is 0 Å². The molecule has 2 unspecified atom stereocenters. The van der Waals surface area contributed by atoms with Gasteiger partial charge in [0, 0.05) is 29.3 Å². The normalized spacial score (nSPS) is 14.5. The predicted octanol–water partition coefficient (Wildman–Crippen LogP) is 6.26. The molecule has 154 valence electrons. The summed E-state index contributed by atoms with van der Waals surface area (Å²) in [5, 5.41) is 12.2. The van der Waals surface area contributed by atoms with E-state index in [1.165, 1.54) is 16.4 Å². The number of benzene rings is 2. The average molecular weight is 400 g/mol. The van der Waals surface area contributed by atoms with Crippen LogP contribution in [0.15, 0.2) is 36.4 Å². The van der Waals surface area contributed by atoms with Crippen LogP contribution in [0.4, 0.5) is 0 Å². The van der Waals surface area contributed by atoms with Crippen LogP contribution in [0.3, 0.4) is 0 Å². The molecule has 0 aliphatic heterocycles. The first-order chi connectivity index (χ1) is 13.1. The van der Waals surface area contributed by atoms with Crippen LogP contribution < -0.4 is 5.30 Å². The zero-order chi connectivity index (χ0) is 21.1. The Bertz CT molecular complexity index is 791. The van der Waals surface area contributed by atoms with Crippen LogP contribution in [0.25, 0.3) is 0 Å². The molecule has 2 nitrogen and oxygen atoms in total. The quantitative estimate of drug-likeness (QED) is 0.530. The molecule has 0 radical (unpaired) electrons. The Balaban J connectivity index is 2.48. The Morgan fingerprint density at radius 3 is 2.11 bits per heavy atom. The van der Waals surface area contributed by atoms with Gasteiger partial charge >= 0.3 is 0 Å². The van der Waals surface area contributed by atoms with Gasteiger partial charge in [0.25, 0.3) is 0 Å². The molecule has 0 fully saturated rings. The molecule has 0 aliphatic rings. The maximum atomic E-state index is 10.8. The lowest BCUT2D eigenvalue weighted by Crippen LogP contribution is -2.37. The van der Waals surface area contributed by atoms with Crippen LogP contribution in [0, 0.1) is 13.8 Å². The maximum absolute atomic E-state index is 10.8. The molecule has 0 aromatic heterocycles. The number of hydrogen-bond donors (Lipinski definition) is 1. The summed E-state index contributed by atoms with van der Waals surface area (Å²) < 4.78 is 0. The SMILES string of the molecule is CCC(C)(Pc1c(C)cccc1CN(C(C)C)C(C)C)c1cccc(C)c1O. The molecule has 0 saturated heterocycles. The smallest absolute Gasteiger partial charge is 0.122 e. The molecule has 2 atom stereocenters. The monoisotopic (exact) mass is 399 g/mol. The fourth-order valence-corrected chi connectivity index (χ4v) is 5.59. The molecule has 28 heavy (non-hydrogen) atoms. The molecule has 0 heterocycles. The first kappa shape index (κ1) is 22.9. The van der Waals surface area contributed by atoms with Crippen molar-refractivity contribution in [2.24, 2.45) is 0 Å². The van der Waals surface area contributed by atoms with Crippen molar-refractivity contribution in [3.63, 3.8) is 0 Å². The summed E-state index contributed by atoms with van der Waals surface area (Å²) in [6.07, 6.45) is 0.994. The molecule has 0 bridgehead atoms. The number of nitrogens with zero attached hydrogens (tertiary/aromatic N) is 1. The van der Waals surface area contributed by atoms with Gasteiger partial charge in [-0.25, -0.2) is 0 Å². The molecule has 3 heteroatoms. The number of phenolic OH excluding ortho intramolecular Hbond substituents is 1. The van der Waals surface area contributed by atoms with Gasteiger partial charge in [-0.15, -0.1) is 0 Å². The lowest BCUT2D eigenvalue weighted by Gasteiger charge is -2.34. The van der Waals surface area contributed by atoms with E-state index >= 15 is 0 Å². The first-order valence-corrected chi connectivity index (χ1v) is 11.5. The Hall–Kier alpha value is -1.37. The number of aryl methyl sites for hydroxylation is 2. The molecule has 2 rings (SSSR count). The van der Waals surface area contributed by atoms with Gasteiger partial charge < -0.3 is 5.11 Å². The minimum atomic E-state index is -0.0720. The molecule has 1 N–H and O–H groups in total. The topological polar surface area (TPSA) is 23.5 Å². The molecular weight excluding hydrogens is 361 g/mol. The summed E-state index contributed by atoms with van der Waals surface area (Å²) in [7, 11) is 0.616. The molecule has 0 amide bonds. The van der Waals surface area contributed by atoms with E-state index in [1.807, 2.05) is 13.0 Å². The average Bonchev–Trinajstić information content (AvgIpc) is 2.63. The van der Waals surface area contributed by atoms with E-state index in [0.29, 0.717) is 26.4 Å². The summed E-state index contributed by atoms with van der Waals surface area (Å²) >= 11 is 0. The van der Waals surface area contributed by atoms with Gasteiger partial charge in [-0.05, 0) is 70.0 Å². The van der Waals surface area contributed by atoms with Crippen molar-refractivity contribution in [3.8, 4) is 5.75 Å². The van der Waals surface area contributed by atoms with Gasteiger partial charge in [0.05, 0.1) is 0 Å². The van der Waals surface area contributed by atoms with Gasteiger partial charge in [0.1, 0.15) is 5.75 Å². The van der Waals surface area contributed by atoms with Crippen molar-refractivity contribution < 1.29 is 5.11 Å². The lowest BCUT2D eigenvalue weighted by atomic mass is 9.94. The summed E-state index contributed by atoms with van der Waals surface area (Å²) in [6, 6.07) is 13.9. The lowest BCUT2D eigenvalue weighted by molar-refractivity contribution is 0.166. The largest absolute Gasteiger partial charge is 0.507 e. The second-order valence-corrected chi connectivity index (χ2v) is 10.6. The first-order valence-electron chi connectivity index (χ1n) is 10.5. The van der Waals surface area contributed by atoms with Gasteiger partial charge in [0.2, 0.25) is 0 Å². The maximum Gasteiger partial charge on any atom is 0.122 e. The highest BCUT2D eigenvalue weighted by molar-refractivity contribution is 7.48. The molecule has 2 aromatic rings. The molecular formula is C25H38NOP. The number of aromatic hydroxyl groups is 1. The molecule has 0 saturated carbocycles. The fraction of sp³-hybridized carbons (Fsp3) is 0.520. The van der Waals surface area contributed by atoms with E-state index in [-0.39, 0.29) is 5.16 Å². The van der Waals surface area contributed by atoms with Crippen molar-refractivity contribution >= 4 is 13.9 Å². The third-order valence-electron chi connectivity index (χ3n) is 5.98.